The molecule has 1 rings (SSSR count). The van der Waals surface area contributed by atoms with Gasteiger partial charge < -0.3 is 5.32 Å². The minimum absolute atomic E-state index is 0.0609. The van der Waals surface area contributed by atoms with Crippen molar-refractivity contribution in [1.29, 1.82) is 0 Å². The van der Waals surface area contributed by atoms with E-state index in [9.17, 15) is 8.78 Å². The van der Waals surface area contributed by atoms with Crippen LogP contribution in [0.4, 0.5) is 8.78 Å². The Morgan fingerprint density at radius 1 is 1.33 bits per heavy atom. The smallest absolute Gasteiger partial charge is 0.130 e. The largest absolute Gasteiger partial charge is 0.310 e. The fourth-order valence-corrected chi connectivity index (χ4v) is 2.03. The molecule has 18 heavy (non-hydrogen) atoms. The molecule has 1 atom stereocenters. The molecule has 0 aromatic heterocycles. The molecule has 1 N–H and O–H groups in total. The van der Waals surface area contributed by atoms with Gasteiger partial charge in [-0.1, -0.05) is 13.0 Å². The molecule has 0 aliphatic rings. The van der Waals surface area contributed by atoms with E-state index >= 15 is 0 Å². The summed E-state index contributed by atoms with van der Waals surface area (Å²) in [4.78, 5) is 0. The normalized spacial score (nSPS) is 12.4. The highest BCUT2D eigenvalue weighted by Crippen LogP contribution is 2.24. The van der Waals surface area contributed by atoms with E-state index in [0.717, 1.165) is 31.9 Å². The maximum Gasteiger partial charge on any atom is 0.130 e. The first-order chi connectivity index (χ1) is 8.60. The zero-order valence-electron chi connectivity index (χ0n) is 11.1. The molecule has 0 saturated heterocycles. The van der Waals surface area contributed by atoms with E-state index in [-0.39, 0.29) is 6.04 Å². The molecule has 0 heterocycles. The van der Waals surface area contributed by atoms with Gasteiger partial charge in [-0.25, -0.2) is 8.78 Å². The van der Waals surface area contributed by atoms with Crippen LogP contribution in [0.2, 0.25) is 0 Å². The van der Waals surface area contributed by atoms with Crippen LogP contribution in [0, 0.1) is 18.6 Å². The number of nitrogens with one attached hydrogen (secondary N) is 1. The Kier molecular flexibility index (Phi) is 5.99. The van der Waals surface area contributed by atoms with Gasteiger partial charge in [0, 0.05) is 17.7 Å². The minimum Gasteiger partial charge on any atom is -0.310 e. The van der Waals surface area contributed by atoms with Crippen LogP contribution in [0.15, 0.2) is 24.8 Å². The summed E-state index contributed by atoms with van der Waals surface area (Å²) in [5, 5.41) is 3.25. The number of halogens is 2. The molecular formula is C15H21F2N. The maximum atomic E-state index is 13.8. The minimum atomic E-state index is -0.488. The van der Waals surface area contributed by atoms with E-state index in [4.69, 9.17) is 0 Å². The van der Waals surface area contributed by atoms with Crippen molar-refractivity contribution in [2.45, 2.75) is 39.2 Å². The summed E-state index contributed by atoms with van der Waals surface area (Å²) in [6, 6.07) is 2.52. The number of rotatable bonds is 7. The lowest BCUT2D eigenvalue weighted by Crippen LogP contribution is -2.22. The second kappa shape index (κ2) is 7.27. The van der Waals surface area contributed by atoms with Gasteiger partial charge in [-0.3, -0.25) is 0 Å². The molecule has 1 aromatic rings. The fourth-order valence-electron chi connectivity index (χ4n) is 2.03. The summed E-state index contributed by atoms with van der Waals surface area (Å²) in [5.74, 6) is -0.958. The molecule has 0 amide bonds. The van der Waals surface area contributed by atoms with Crippen molar-refractivity contribution in [3.8, 4) is 0 Å². The van der Waals surface area contributed by atoms with Crippen LogP contribution < -0.4 is 5.32 Å². The molecule has 3 heteroatoms. The number of hydrogen-bond acceptors (Lipinski definition) is 1. The van der Waals surface area contributed by atoms with Crippen LogP contribution in [0.5, 0.6) is 0 Å². The van der Waals surface area contributed by atoms with Crippen molar-refractivity contribution in [3.05, 3.63) is 47.5 Å². The average Bonchev–Trinajstić information content (AvgIpc) is 2.33. The average molecular weight is 253 g/mol. The van der Waals surface area contributed by atoms with Crippen molar-refractivity contribution >= 4 is 0 Å². The molecule has 0 spiro atoms. The SMILES string of the molecule is C=CCCCC(NCC)c1cc(C)c(F)cc1F. The zero-order chi connectivity index (χ0) is 13.5. The van der Waals surface area contributed by atoms with Gasteiger partial charge >= 0.3 is 0 Å². The highest BCUT2D eigenvalue weighted by Gasteiger charge is 2.16. The maximum absolute atomic E-state index is 13.8. The van der Waals surface area contributed by atoms with Gasteiger partial charge in [0.15, 0.2) is 0 Å². The zero-order valence-corrected chi connectivity index (χ0v) is 11.1. The molecule has 0 bridgehead atoms. The number of aryl methyl sites for hydroxylation is 1. The fraction of sp³-hybridized carbons (Fsp3) is 0.467. The van der Waals surface area contributed by atoms with Crippen LogP contribution >= 0.6 is 0 Å². The lowest BCUT2D eigenvalue weighted by Gasteiger charge is -2.19. The molecule has 1 nitrogen and oxygen atoms in total. The van der Waals surface area contributed by atoms with E-state index in [0.29, 0.717) is 11.1 Å². The molecular weight excluding hydrogens is 232 g/mol. The van der Waals surface area contributed by atoms with Gasteiger partial charge in [-0.2, -0.15) is 0 Å². The lowest BCUT2D eigenvalue weighted by molar-refractivity contribution is 0.469. The first kappa shape index (κ1) is 14.8. The Balaban J connectivity index is 2.90. The van der Waals surface area contributed by atoms with E-state index < -0.39 is 11.6 Å². The summed E-state index contributed by atoms with van der Waals surface area (Å²) < 4.78 is 27.1. The molecule has 1 unspecified atom stereocenters. The highest BCUT2D eigenvalue weighted by atomic mass is 19.1. The van der Waals surface area contributed by atoms with Crippen molar-refractivity contribution in [1.82, 2.24) is 5.32 Å². The van der Waals surface area contributed by atoms with Gasteiger partial charge in [-0.15, -0.1) is 6.58 Å². The Bertz CT molecular complexity index is 402. The Morgan fingerprint density at radius 2 is 2.06 bits per heavy atom. The third-order valence-electron chi connectivity index (χ3n) is 3.00. The van der Waals surface area contributed by atoms with Crippen LogP contribution in [0.25, 0.3) is 0 Å². The lowest BCUT2D eigenvalue weighted by atomic mass is 9.98. The summed E-state index contributed by atoms with van der Waals surface area (Å²) in [7, 11) is 0. The highest BCUT2D eigenvalue weighted by molar-refractivity contribution is 5.28. The Labute approximate surface area is 108 Å². The van der Waals surface area contributed by atoms with Crippen molar-refractivity contribution in [2.24, 2.45) is 0 Å². The summed E-state index contributed by atoms with van der Waals surface area (Å²) in [6.07, 6.45) is 4.53. The molecule has 0 radical (unpaired) electrons. The number of benzene rings is 1. The summed E-state index contributed by atoms with van der Waals surface area (Å²) in [6.45, 7) is 8.07. The van der Waals surface area contributed by atoms with Gasteiger partial charge in [0.05, 0.1) is 0 Å². The van der Waals surface area contributed by atoms with Gasteiger partial charge in [0.25, 0.3) is 0 Å². The van der Waals surface area contributed by atoms with Crippen LogP contribution in [0.1, 0.15) is 43.4 Å². The summed E-state index contributed by atoms with van der Waals surface area (Å²) >= 11 is 0. The molecule has 1 aromatic carbocycles. The number of allylic oxidation sites excluding steroid dienone is 1. The van der Waals surface area contributed by atoms with Crippen LogP contribution in [-0.2, 0) is 0 Å². The topological polar surface area (TPSA) is 12.0 Å². The van der Waals surface area contributed by atoms with E-state index in [2.05, 4.69) is 11.9 Å². The van der Waals surface area contributed by atoms with Crippen LogP contribution in [-0.4, -0.2) is 6.54 Å². The second-order valence-corrected chi connectivity index (χ2v) is 4.45. The predicted molar refractivity (Wildman–Crippen MR) is 71.6 cm³/mol. The number of unbranched alkanes of at least 4 members (excludes halogenated alkanes) is 1. The van der Waals surface area contributed by atoms with Gasteiger partial charge in [0.2, 0.25) is 0 Å². The summed E-state index contributed by atoms with van der Waals surface area (Å²) in [5.41, 5.74) is 1.04. The number of hydrogen-bond donors (Lipinski definition) is 1. The van der Waals surface area contributed by atoms with E-state index in [1.54, 1.807) is 13.0 Å². The second-order valence-electron chi connectivity index (χ2n) is 4.45. The molecule has 0 aliphatic heterocycles. The van der Waals surface area contributed by atoms with Crippen LogP contribution in [0.3, 0.4) is 0 Å². The van der Waals surface area contributed by atoms with Crippen molar-refractivity contribution in [2.75, 3.05) is 6.54 Å². The predicted octanol–water partition coefficient (Wildman–Crippen LogP) is 4.28. The van der Waals surface area contributed by atoms with Gasteiger partial charge in [0.1, 0.15) is 11.6 Å². The molecule has 100 valence electrons. The van der Waals surface area contributed by atoms with Crippen molar-refractivity contribution < 1.29 is 8.78 Å². The standard InChI is InChI=1S/C15H21F2N/c1-4-6-7-8-15(18-5-2)12-9-11(3)13(16)10-14(12)17/h4,9-10,15,18H,1,5-8H2,2-3H3. The Hall–Kier alpha value is -1.22. The molecule has 0 saturated carbocycles. The van der Waals surface area contributed by atoms with E-state index in [1.807, 2.05) is 13.0 Å². The van der Waals surface area contributed by atoms with E-state index in [1.165, 1.54) is 0 Å². The monoisotopic (exact) mass is 253 g/mol. The van der Waals surface area contributed by atoms with Crippen molar-refractivity contribution in [3.63, 3.8) is 0 Å². The third-order valence-corrected chi connectivity index (χ3v) is 3.00. The first-order valence-electron chi connectivity index (χ1n) is 6.40. The molecule has 0 fully saturated rings. The Morgan fingerprint density at radius 3 is 2.67 bits per heavy atom. The third kappa shape index (κ3) is 3.91. The quantitative estimate of drug-likeness (QED) is 0.565. The first-order valence-corrected chi connectivity index (χ1v) is 6.40. The molecule has 0 aliphatic carbocycles. The van der Waals surface area contributed by atoms with Gasteiger partial charge in [-0.05, 0) is 44.4 Å².